The molecule has 0 aliphatic carbocycles. The molecule has 1 N–H and O–H groups in total. The summed E-state index contributed by atoms with van der Waals surface area (Å²) in [6.07, 6.45) is -0.246. The first-order chi connectivity index (χ1) is 13.4. The molecule has 0 saturated heterocycles. The molecule has 0 bridgehead atoms. The molecule has 1 heterocycles. The second-order valence-corrected chi connectivity index (χ2v) is 8.74. The van der Waals surface area contributed by atoms with Gasteiger partial charge in [-0.05, 0) is 48.5 Å². The van der Waals surface area contributed by atoms with Gasteiger partial charge in [0.15, 0.2) is 9.84 Å². The highest BCUT2D eigenvalue weighted by molar-refractivity contribution is 9.10. The van der Waals surface area contributed by atoms with Crippen LogP contribution in [-0.2, 0) is 14.6 Å². The van der Waals surface area contributed by atoms with Gasteiger partial charge >= 0.3 is 6.01 Å². The van der Waals surface area contributed by atoms with Crippen molar-refractivity contribution in [1.29, 1.82) is 0 Å². The summed E-state index contributed by atoms with van der Waals surface area (Å²) >= 11 is 3.33. The predicted molar refractivity (Wildman–Crippen MR) is 106 cm³/mol. The van der Waals surface area contributed by atoms with Crippen molar-refractivity contribution in [2.75, 3.05) is 18.2 Å². The highest BCUT2D eigenvalue weighted by atomic mass is 79.9. The number of methoxy groups -OCH3 is 1. The van der Waals surface area contributed by atoms with Gasteiger partial charge in [-0.15, -0.1) is 5.10 Å². The zero-order chi connectivity index (χ0) is 20.1. The van der Waals surface area contributed by atoms with E-state index in [2.05, 4.69) is 31.4 Å². The van der Waals surface area contributed by atoms with E-state index >= 15 is 0 Å². The summed E-state index contributed by atoms with van der Waals surface area (Å²) in [6, 6.07) is 13.1. The number of hydrogen-bond donors (Lipinski definition) is 1. The maximum Gasteiger partial charge on any atom is 0.322 e. The number of carbonyl (C=O) groups excluding carboxylic acids is 1. The number of ether oxygens (including phenoxy) is 1. The molecule has 10 heteroatoms. The van der Waals surface area contributed by atoms with E-state index in [1.165, 1.54) is 19.2 Å². The van der Waals surface area contributed by atoms with Crippen molar-refractivity contribution in [1.82, 2.24) is 10.2 Å². The fourth-order valence-electron chi connectivity index (χ4n) is 2.29. The number of nitrogens with one attached hydrogen (secondary N) is 1. The van der Waals surface area contributed by atoms with Crippen LogP contribution < -0.4 is 10.1 Å². The molecule has 0 radical (unpaired) electrons. The van der Waals surface area contributed by atoms with Gasteiger partial charge in [-0.3, -0.25) is 10.1 Å². The second-order valence-electron chi connectivity index (χ2n) is 5.71. The summed E-state index contributed by atoms with van der Waals surface area (Å²) in [4.78, 5) is 12.2. The average Bonchev–Trinajstić information content (AvgIpc) is 3.15. The van der Waals surface area contributed by atoms with Crippen LogP contribution in [-0.4, -0.2) is 37.4 Å². The molecular weight excluding hydrogens is 450 g/mol. The Morgan fingerprint density at radius 1 is 1.11 bits per heavy atom. The Hall–Kier alpha value is -2.72. The highest BCUT2D eigenvalue weighted by Crippen LogP contribution is 2.22. The molecule has 0 unspecified atom stereocenters. The van der Waals surface area contributed by atoms with E-state index in [0.29, 0.717) is 11.3 Å². The Balaban J connectivity index is 1.59. The minimum Gasteiger partial charge on any atom is -0.497 e. The van der Waals surface area contributed by atoms with Crippen molar-refractivity contribution in [2.24, 2.45) is 0 Å². The smallest absolute Gasteiger partial charge is 0.322 e. The molecule has 0 aliphatic heterocycles. The Kier molecular flexibility index (Phi) is 6.10. The monoisotopic (exact) mass is 465 g/mol. The first-order valence-corrected chi connectivity index (χ1v) is 10.6. The van der Waals surface area contributed by atoms with Gasteiger partial charge < -0.3 is 9.15 Å². The molecule has 1 aromatic heterocycles. The molecular formula is C18H16BrN3O5S. The van der Waals surface area contributed by atoms with Crippen molar-refractivity contribution in [3.63, 3.8) is 0 Å². The number of amides is 1. The second kappa shape index (κ2) is 8.53. The molecule has 0 fully saturated rings. The quantitative estimate of drug-likeness (QED) is 0.569. The predicted octanol–water partition coefficient (Wildman–Crippen LogP) is 3.31. The third kappa shape index (κ3) is 4.96. The van der Waals surface area contributed by atoms with E-state index in [0.717, 1.165) is 4.47 Å². The zero-order valence-electron chi connectivity index (χ0n) is 14.8. The van der Waals surface area contributed by atoms with Gasteiger partial charge in [-0.2, -0.15) is 0 Å². The van der Waals surface area contributed by atoms with Crippen LogP contribution in [0.5, 0.6) is 5.75 Å². The molecule has 0 atom stereocenters. The lowest BCUT2D eigenvalue weighted by atomic mass is 10.2. The van der Waals surface area contributed by atoms with E-state index in [4.69, 9.17) is 9.15 Å². The molecule has 28 heavy (non-hydrogen) atoms. The van der Waals surface area contributed by atoms with Crippen molar-refractivity contribution in [3.8, 4) is 17.2 Å². The van der Waals surface area contributed by atoms with Gasteiger partial charge in [0, 0.05) is 16.5 Å². The van der Waals surface area contributed by atoms with Gasteiger partial charge in [0.2, 0.25) is 11.8 Å². The maximum atomic E-state index is 12.3. The molecule has 2 aromatic carbocycles. The normalized spacial score (nSPS) is 11.2. The number of sulfone groups is 1. The lowest BCUT2D eigenvalue weighted by Crippen LogP contribution is -2.17. The first kappa shape index (κ1) is 20.0. The summed E-state index contributed by atoms with van der Waals surface area (Å²) < 4.78 is 36.0. The fraction of sp³-hybridized carbons (Fsp3) is 0.167. The highest BCUT2D eigenvalue weighted by Gasteiger charge is 2.18. The van der Waals surface area contributed by atoms with Crippen LogP contribution >= 0.6 is 15.9 Å². The van der Waals surface area contributed by atoms with Gasteiger partial charge in [-0.25, -0.2) is 8.42 Å². The molecule has 3 aromatic rings. The van der Waals surface area contributed by atoms with Crippen LogP contribution in [0, 0.1) is 0 Å². The van der Waals surface area contributed by atoms with Gasteiger partial charge in [0.25, 0.3) is 0 Å². The lowest BCUT2D eigenvalue weighted by Gasteiger charge is -2.05. The van der Waals surface area contributed by atoms with Crippen LogP contribution in [0.2, 0.25) is 0 Å². The Morgan fingerprint density at radius 2 is 1.79 bits per heavy atom. The van der Waals surface area contributed by atoms with E-state index in [1.54, 1.807) is 24.3 Å². The number of carbonyl (C=O) groups is 1. The van der Waals surface area contributed by atoms with E-state index < -0.39 is 15.7 Å². The van der Waals surface area contributed by atoms with Crippen molar-refractivity contribution in [2.45, 2.75) is 11.3 Å². The van der Waals surface area contributed by atoms with E-state index in [1.807, 2.05) is 12.1 Å². The third-order valence-electron chi connectivity index (χ3n) is 3.78. The van der Waals surface area contributed by atoms with E-state index in [9.17, 15) is 13.2 Å². The standard InChI is InChI=1S/C18H16BrN3O5S/c1-26-14-6-8-15(9-7-14)28(24,25)11-10-16(23)20-18-22-21-17(27-18)12-2-4-13(19)5-3-12/h2-9H,10-11H2,1H3,(H,20,22,23). The average molecular weight is 466 g/mol. The fourth-order valence-corrected chi connectivity index (χ4v) is 3.80. The van der Waals surface area contributed by atoms with Crippen LogP contribution in [0.25, 0.3) is 11.5 Å². The summed E-state index contributed by atoms with van der Waals surface area (Å²) in [5.74, 6) is -0.0924. The first-order valence-electron chi connectivity index (χ1n) is 8.13. The van der Waals surface area contributed by atoms with Crippen molar-refractivity contribution in [3.05, 3.63) is 53.0 Å². The number of benzene rings is 2. The van der Waals surface area contributed by atoms with Crippen LogP contribution in [0.3, 0.4) is 0 Å². The molecule has 146 valence electrons. The van der Waals surface area contributed by atoms with Crippen LogP contribution in [0.4, 0.5) is 6.01 Å². The largest absolute Gasteiger partial charge is 0.497 e. The molecule has 0 spiro atoms. The summed E-state index contributed by atoms with van der Waals surface area (Å²) in [7, 11) is -2.11. The van der Waals surface area contributed by atoms with Crippen molar-refractivity contribution >= 4 is 37.7 Å². The number of halogens is 1. The van der Waals surface area contributed by atoms with Gasteiger partial charge in [0.05, 0.1) is 17.8 Å². The van der Waals surface area contributed by atoms with E-state index in [-0.39, 0.29) is 29.0 Å². The lowest BCUT2D eigenvalue weighted by molar-refractivity contribution is -0.115. The Labute approximate surface area is 170 Å². The minimum atomic E-state index is -3.60. The summed E-state index contributed by atoms with van der Waals surface area (Å²) in [6.45, 7) is 0. The molecule has 0 saturated carbocycles. The Bertz CT molecular complexity index is 1060. The van der Waals surface area contributed by atoms with Gasteiger partial charge in [-0.1, -0.05) is 21.0 Å². The number of aromatic nitrogens is 2. The number of hydrogen-bond acceptors (Lipinski definition) is 7. The number of rotatable bonds is 7. The topological polar surface area (TPSA) is 111 Å². The SMILES string of the molecule is COc1ccc(S(=O)(=O)CCC(=O)Nc2nnc(-c3ccc(Br)cc3)o2)cc1. The summed E-state index contributed by atoms with van der Waals surface area (Å²) in [5.41, 5.74) is 0.693. The zero-order valence-corrected chi connectivity index (χ0v) is 17.2. The molecule has 8 nitrogen and oxygen atoms in total. The third-order valence-corrected chi connectivity index (χ3v) is 6.04. The Morgan fingerprint density at radius 3 is 2.43 bits per heavy atom. The molecule has 0 aliphatic rings. The summed E-state index contributed by atoms with van der Waals surface area (Å²) in [5, 5.41) is 10.0. The molecule has 3 rings (SSSR count). The van der Waals surface area contributed by atoms with Crippen LogP contribution in [0.1, 0.15) is 6.42 Å². The number of anilines is 1. The van der Waals surface area contributed by atoms with Crippen LogP contribution in [0.15, 0.2) is 62.3 Å². The minimum absolute atomic E-state index is 0.0928. The number of nitrogens with zero attached hydrogens (tertiary/aromatic N) is 2. The van der Waals surface area contributed by atoms with Gasteiger partial charge in [0.1, 0.15) is 5.75 Å². The maximum absolute atomic E-state index is 12.3. The van der Waals surface area contributed by atoms with Crippen molar-refractivity contribution < 1.29 is 22.4 Å². The molecule has 1 amide bonds.